The molecule has 0 atom stereocenters. The number of para-hydroxylation sites is 1. The van der Waals surface area contributed by atoms with Crippen molar-refractivity contribution in [1.29, 1.82) is 0 Å². The van der Waals surface area contributed by atoms with E-state index in [1.807, 2.05) is 48.5 Å². The van der Waals surface area contributed by atoms with Crippen LogP contribution in [0.15, 0.2) is 211 Å². The van der Waals surface area contributed by atoms with Gasteiger partial charge >= 0.3 is 44.8 Å². The van der Waals surface area contributed by atoms with Gasteiger partial charge in [-0.1, -0.05) is 127 Å². The third kappa shape index (κ3) is 10.7. The van der Waals surface area contributed by atoms with Crippen molar-refractivity contribution >= 4 is 59.0 Å². The summed E-state index contributed by atoms with van der Waals surface area (Å²) < 4.78 is 5.66. The second kappa shape index (κ2) is 22.0. The fourth-order valence-corrected chi connectivity index (χ4v) is 13.9. The maximum atomic E-state index is 7.12. The van der Waals surface area contributed by atoms with Crippen LogP contribution in [0.1, 0.15) is 22.3 Å². The first-order valence-corrected chi connectivity index (χ1v) is 23.0. The van der Waals surface area contributed by atoms with E-state index in [2.05, 4.69) is 170 Å². The molecule has 0 spiro atoms. The molecule has 1 heterocycles. The molecular weight excluding hydrogens is 1130 g/mol. The zero-order chi connectivity index (χ0) is 39.5. The average molecular weight is 1170 g/mol. The van der Waals surface area contributed by atoms with E-state index in [9.17, 15) is 0 Å². The molecule has 5 heteroatoms. The second-order valence-corrected chi connectivity index (χ2v) is 19.4. The van der Waals surface area contributed by atoms with Crippen molar-refractivity contribution in [2.24, 2.45) is 0 Å². The van der Waals surface area contributed by atoms with Gasteiger partial charge in [-0.2, -0.15) is 0 Å². The quantitative estimate of drug-likeness (QED) is 0.0671. The fraction of sp³-hybridized carbons (Fsp3) is 0.0545. The zero-order valence-electron chi connectivity index (χ0n) is 32.8. The van der Waals surface area contributed by atoms with E-state index < -0.39 is 15.8 Å². The Labute approximate surface area is 388 Å². The standard InChI is InChI=1S/C26H24P2.C15H9.C14H7O.2Au/c1-5-13-23(14-6-1)27(24-15-7-2-8-16-24)21-22-28(25-17-9-3-10-18-25)26-19-11-4-12-20-26;1-2-11-7-8-15-13(9-11)10-12-5-3-4-6-14(12)15;1-2-10-7-8-14-12(9-10)11-5-3-4-6-13(11)15-14;;/h1-20H,21-22H2;3-9H,10H2;3-9H;;/q;2*-1;2*+1/p+2. The maximum absolute atomic E-state index is 7.12. The molecule has 1 nitrogen and oxygen atoms in total. The van der Waals surface area contributed by atoms with Gasteiger partial charge in [-0.25, -0.2) is 0 Å². The van der Waals surface area contributed by atoms with Crippen LogP contribution in [0.3, 0.4) is 0 Å². The summed E-state index contributed by atoms with van der Waals surface area (Å²) in [6.45, 7) is 0. The molecule has 8 aromatic carbocycles. The summed E-state index contributed by atoms with van der Waals surface area (Å²) in [6.07, 6.45) is 17.7. The molecule has 0 saturated heterocycles. The minimum absolute atomic E-state index is 0. The van der Waals surface area contributed by atoms with Gasteiger partial charge in [0.1, 0.15) is 23.5 Å². The van der Waals surface area contributed by atoms with E-state index in [4.69, 9.17) is 17.3 Å². The van der Waals surface area contributed by atoms with Gasteiger partial charge in [-0.3, -0.25) is 11.8 Å². The van der Waals surface area contributed by atoms with Crippen LogP contribution in [0.4, 0.5) is 0 Å². The molecule has 0 radical (unpaired) electrons. The van der Waals surface area contributed by atoms with E-state index in [-0.39, 0.29) is 44.8 Å². The van der Waals surface area contributed by atoms with Crippen LogP contribution < -0.4 is 21.2 Å². The summed E-state index contributed by atoms with van der Waals surface area (Å²) in [5, 5.41) is 8.19. The van der Waals surface area contributed by atoms with Crippen LogP contribution in [0, 0.1) is 24.7 Å². The van der Waals surface area contributed by atoms with E-state index in [1.165, 1.54) is 55.8 Å². The number of rotatable bonds is 7. The van der Waals surface area contributed by atoms with Crippen LogP contribution in [0.5, 0.6) is 0 Å². The zero-order valence-corrected chi connectivity index (χ0v) is 39.1. The predicted molar refractivity (Wildman–Crippen MR) is 252 cm³/mol. The molecular formula is C55H42Au2OP2+2. The normalized spacial score (nSPS) is 10.7. The van der Waals surface area contributed by atoms with Gasteiger partial charge in [0.25, 0.3) is 0 Å². The minimum Gasteiger partial charge on any atom is -0.456 e. The molecule has 0 amide bonds. The van der Waals surface area contributed by atoms with Crippen LogP contribution in [0.25, 0.3) is 33.1 Å². The first kappa shape index (κ1) is 44.6. The van der Waals surface area contributed by atoms with E-state index >= 15 is 0 Å². The maximum Gasteiger partial charge on any atom is 1.00 e. The average Bonchev–Trinajstić information content (AvgIpc) is 3.87. The Kier molecular flexibility index (Phi) is 16.4. The van der Waals surface area contributed by atoms with Crippen molar-refractivity contribution < 1.29 is 49.2 Å². The Morgan fingerprint density at radius 2 is 0.817 bits per heavy atom. The van der Waals surface area contributed by atoms with Gasteiger partial charge in [-0.15, -0.1) is 35.4 Å². The molecule has 0 unspecified atom stereocenters. The topological polar surface area (TPSA) is 13.1 Å². The number of fused-ring (bicyclic) bond motifs is 6. The molecule has 10 rings (SSSR count). The van der Waals surface area contributed by atoms with Gasteiger partial charge in [0, 0.05) is 10.8 Å². The number of furan rings is 1. The first-order chi connectivity index (χ1) is 28.7. The monoisotopic (exact) mass is 1170 g/mol. The van der Waals surface area contributed by atoms with Crippen molar-refractivity contribution in [2.45, 2.75) is 6.42 Å². The number of hydrogen-bond donors (Lipinski definition) is 0. The van der Waals surface area contributed by atoms with Crippen molar-refractivity contribution in [3.05, 3.63) is 241 Å². The van der Waals surface area contributed by atoms with E-state index in [0.29, 0.717) is 0 Å². The number of hydrogen-bond acceptors (Lipinski definition) is 1. The first-order valence-electron chi connectivity index (χ1n) is 19.6. The molecule has 0 fully saturated rings. The van der Waals surface area contributed by atoms with Crippen molar-refractivity contribution in [2.75, 3.05) is 12.3 Å². The largest absolute Gasteiger partial charge is 1.00 e. The Hall–Kier alpha value is -4.98. The summed E-state index contributed by atoms with van der Waals surface area (Å²) in [6, 6.07) is 72.6. The van der Waals surface area contributed by atoms with Crippen LogP contribution >= 0.6 is 15.8 Å². The molecule has 0 aliphatic heterocycles. The van der Waals surface area contributed by atoms with Crippen molar-refractivity contribution in [3.63, 3.8) is 0 Å². The number of benzene rings is 8. The van der Waals surface area contributed by atoms with Crippen molar-refractivity contribution in [1.82, 2.24) is 0 Å². The van der Waals surface area contributed by atoms with Crippen LogP contribution in [0.2, 0.25) is 0 Å². The van der Waals surface area contributed by atoms with Gasteiger partial charge < -0.3 is 17.3 Å². The van der Waals surface area contributed by atoms with Crippen LogP contribution in [-0.2, 0) is 51.2 Å². The third-order valence-electron chi connectivity index (χ3n) is 10.6. The van der Waals surface area contributed by atoms with Gasteiger partial charge in [-0.05, 0) is 83.8 Å². The fourth-order valence-electron chi connectivity index (χ4n) is 7.74. The second-order valence-electron chi connectivity index (χ2n) is 14.2. The third-order valence-corrected chi connectivity index (χ3v) is 16.7. The molecule has 9 aromatic rings. The molecule has 298 valence electrons. The predicted octanol–water partition coefficient (Wildman–Crippen LogP) is 11.4. The van der Waals surface area contributed by atoms with Gasteiger partial charge in [0.15, 0.2) is 0 Å². The molecule has 1 aliphatic rings. The Morgan fingerprint density at radius 3 is 1.35 bits per heavy atom. The van der Waals surface area contributed by atoms with Gasteiger partial charge in [0.2, 0.25) is 0 Å². The van der Waals surface area contributed by atoms with Crippen LogP contribution in [-0.4, -0.2) is 12.3 Å². The smallest absolute Gasteiger partial charge is 0.456 e. The summed E-state index contributed by atoms with van der Waals surface area (Å²) in [4.78, 5) is 0. The molecule has 0 N–H and O–H groups in total. The molecule has 1 aromatic heterocycles. The molecule has 1 aliphatic carbocycles. The summed E-state index contributed by atoms with van der Waals surface area (Å²) in [5.74, 6) is 4.82. The molecule has 60 heavy (non-hydrogen) atoms. The summed E-state index contributed by atoms with van der Waals surface area (Å²) in [7, 11) is -1.57. The molecule has 0 saturated carbocycles. The van der Waals surface area contributed by atoms with E-state index in [1.54, 1.807) is 0 Å². The Bertz CT molecular complexity index is 2680. The van der Waals surface area contributed by atoms with Crippen molar-refractivity contribution in [3.8, 4) is 23.0 Å². The SMILES string of the molecule is [Au+].[Au+].[C-]#Cc1ccc2c(c1)Cc1ccccc1-2.[C-]#Cc1ccc2oc3ccccc3c2c1.c1ccc([PH+](CC[PH+](c2ccccc2)c2ccccc2)c2ccccc2)cc1. The minimum atomic E-state index is -0.783. The summed E-state index contributed by atoms with van der Waals surface area (Å²) in [5.41, 5.74) is 8.72. The molecule has 0 bridgehead atoms. The Balaban J connectivity index is 0.000000160. The van der Waals surface area contributed by atoms with E-state index in [0.717, 1.165) is 39.5 Å². The Morgan fingerprint density at radius 1 is 0.400 bits per heavy atom. The summed E-state index contributed by atoms with van der Waals surface area (Å²) >= 11 is 0. The van der Waals surface area contributed by atoms with Gasteiger partial charge in [0.05, 0.1) is 37.1 Å².